The van der Waals surface area contributed by atoms with Crippen LogP contribution in [0.5, 0.6) is 0 Å². The molecule has 0 aromatic carbocycles. The van der Waals surface area contributed by atoms with Crippen molar-refractivity contribution in [2.75, 3.05) is 45.9 Å². The maximum absolute atomic E-state index is 12.9. The van der Waals surface area contributed by atoms with Crippen molar-refractivity contribution in [3.63, 3.8) is 0 Å². The molecule has 0 aromatic rings. The molecule has 0 saturated carbocycles. The van der Waals surface area contributed by atoms with Crippen LogP contribution in [0.4, 0.5) is 0 Å². The molecule has 0 aliphatic carbocycles. The maximum Gasteiger partial charge on any atom is 0.306 e. The summed E-state index contributed by atoms with van der Waals surface area (Å²) in [4.78, 5) is 30.7. The van der Waals surface area contributed by atoms with E-state index in [0.717, 1.165) is 50.9 Å². The predicted octanol–water partition coefficient (Wildman–Crippen LogP) is 16.4. The van der Waals surface area contributed by atoms with E-state index in [0.29, 0.717) is 19.4 Å². The molecule has 0 spiro atoms. The fourth-order valence-corrected chi connectivity index (χ4v) is 9.49. The van der Waals surface area contributed by atoms with E-state index in [4.69, 9.17) is 9.47 Å². The number of nitrogens with zero attached hydrogens (tertiary/aromatic N) is 2. The average Bonchev–Trinajstić information content (AvgIpc) is 3.79. The monoisotopic (exact) mass is 861 g/mol. The summed E-state index contributed by atoms with van der Waals surface area (Å²) in [6.07, 6.45) is 49.1. The molecule has 0 bridgehead atoms. The second kappa shape index (κ2) is 45.4. The molecule has 1 aliphatic rings. The molecule has 1 saturated heterocycles. The first-order valence-corrected chi connectivity index (χ1v) is 27.8. The Balaban J connectivity index is 2.26. The van der Waals surface area contributed by atoms with Gasteiger partial charge in [0.15, 0.2) is 0 Å². The molecule has 0 unspecified atom stereocenters. The number of esters is 2. The molecule has 1 rings (SSSR count). The van der Waals surface area contributed by atoms with Crippen LogP contribution in [-0.2, 0) is 19.1 Å². The van der Waals surface area contributed by atoms with Gasteiger partial charge in [-0.2, -0.15) is 0 Å². The van der Waals surface area contributed by atoms with Crippen LogP contribution in [0.2, 0.25) is 0 Å². The first-order chi connectivity index (χ1) is 30.0. The van der Waals surface area contributed by atoms with Crippen molar-refractivity contribution < 1.29 is 19.1 Å². The van der Waals surface area contributed by atoms with Crippen LogP contribution in [0, 0.1) is 5.92 Å². The second-order valence-corrected chi connectivity index (χ2v) is 19.6. The van der Waals surface area contributed by atoms with Crippen LogP contribution in [-0.4, -0.2) is 73.7 Å². The standard InChI is InChI=1S/C55H108N2O4/c1-5-9-13-17-21-29-41-53(42-30-22-18-14-10-6-2)61-55(59)44-32-24-20-26-34-46-56(49-50-57-47-35-36-48-57)45-33-25-19-23-31-43-54(58)60-51-37-40-52(38-27-15-11-7-3)39-28-16-12-8-4/h52-53H,5-51H2,1-4H3. The summed E-state index contributed by atoms with van der Waals surface area (Å²) in [5, 5.41) is 0. The lowest BCUT2D eigenvalue weighted by atomic mass is 9.91. The first kappa shape index (κ1) is 57.9. The Morgan fingerprint density at radius 1 is 0.443 bits per heavy atom. The minimum Gasteiger partial charge on any atom is -0.466 e. The highest BCUT2D eigenvalue weighted by Gasteiger charge is 2.16. The van der Waals surface area contributed by atoms with Crippen molar-refractivity contribution in [1.82, 2.24) is 9.80 Å². The molecule has 0 atom stereocenters. The molecule has 6 nitrogen and oxygen atoms in total. The Morgan fingerprint density at radius 3 is 1.34 bits per heavy atom. The smallest absolute Gasteiger partial charge is 0.306 e. The van der Waals surface area contributed by atoms with Gasteiger partial charge >= 0.3 is 11.9 Å². The highest BCUT2D eigenvalue weighted by Crippen LogP contribution is 2.23. The maximum atomic E-state index is 12.9. The Kier molecular flexibility index (Phi) is 43.1. The van der Waals surface area contributed by atoms with Crippen LogP contribution in [0.15, 0.2) is 0 Å². The normalized spacial score (nSPS) is 13.4. The van der Waals surface area contributed by atoms with E-state index < -0.39 is 0 Å². The number of likely N-dealkylation sites (tertiary alicyclic amines) is 1. The molecule has 1 fully saturated rings. The zero-order valence-electron chi connectivity index (χ0n) is 41.9. The van der Waals surface area contributed by atoms with Gasteiger partial charge in [0.25, 0.3) is 0 Å². The zero-order chi connectivity index (χ0) is 44.1. The van der Waals surface area contributed by atoms with E-state index in [1.165, 1.54) is 238 Å². The van der Waals surface area contributed by atoms with Crippen LogP contribution < -0.4 is 0 Å². The van der Waals surface area contributed by atoms with Crippen molar-refractivity contribution in [2.45, 2.75) is 291 Å². The first-order valence-electron chi connectivity index (χ1n) is 27.8. The van der Waals surface area contributed by atoms with E-state index in [9.17, 15) is 9.59 Å². The SMILES string of the molecule is CCCCCCCCC(CCCCCCCC)OC(=O)CCCCCCCN(CCCCCCCC(=O)OCCCC(CCCCCC)CCCCCC)CCN1CCCC1. The summed E-state index contributed by atoms with van der Waals surface area (Å²) < 4.78 is 11.8. The van der Waals surface area contributed by atoms with Crippen LogP contribution in [0.3, 0.4) is 0 Å². The van der Waals surface area contributed by atoms with Crippen molar-refractivity contribution in [3.8, 4) is 0 Å². The number of carbonyl (C=O) groups excluding carboxylic acids is 2. The lowest BCUT2D eigenvalue weighted by molar-refractivity contribution is -0.150. The number of rotatable bonds is 48. The second-order valence-electron chi connectivity index (χ2n) is 19.6. The third kappa shape index (κ3) is 39.0. The fraction of sp³-hybridized carbons (Fsp3) is 0.964. The van der Waals surface area contributed by atoms with E-state index in [1.54, 1.807) is 0 Å². The Labute approximate surface area is 382 Å². The van der Waals surface area contributed by atoms with Gasteiger partial charge in [0.05, 0.1) is 6.61 Å². The summed E-state index contributed by atoms with van der Waals surface area (Å²) in [5.41, 5.74) is 0. The molecule has 0 amide bonds. The number of ether oxygens (including phenoxy) is 2. The van der Waals surface area contributed by atoms with Gasteiger partial charge < -0.3 is 19.3 Å². The predicted molar refractivity (Wildman–Crippen MR) is 265 cm³/mol. The van der Waals surface area contributed by atoms with Gasteiger partial charge in [-0.3, -0.25) is 9.59 Å². The van der Waals surface area contributed by atoms with Crippen LogP contribution >= 0.6 is 0 Å². The molecule has 0 aromatic heterocycles. The average molecular weight is 861 g/mol. The molecule has 6 heteroatoms. The Bertz CT molecular complexity index is 896. The quantitative estimate of drug-likeness (QED) is 0.0449. The van der Waals surface area contributed by atoms with Gasteiger partial charge in [-0.05, 0) is 109 Å². The number of unbranched alkanes of at least 4 members (excludes halogenated alkanes) is 24. The van der Waals surface area contributed by atoms with E-state index in [1.807, 2.05) is 0 Å². The Morgan fingerprint density at radius 2 is 0.836 bits per heavy atom. The van der Waals surface area contributed by atoms with E-state index >= 15 is 0 Å². The number of carbonyl (C=O) groups is 2. The summed E-state index contributed by atoms with van der Waals surface area (Å²) >= 11 is 0. The third-order valence-electron chi connectivity index (χ3n) is 13.7. The van der Waals surface area contributed by atoms with Crippen molar-refractivity contribution >= 4 is 11.9 Å². The highest BCUT2D eigenvalue weighted by atomic mass is 16.5. The number of hydrogen-bond acceptors (Lipinski definition) is 6. The van der Waals surface area contributed by atoms with Gasteiger partial charge in [0.2, 0.25) is 0 Å². The summed E-state index contributed by atoms with van der Waals surface area (Å²) in [5.74, 6) is 0.876. The van der Waals surface area contributed by atoms with Crippen molar-refractivity contribution in [1.29, 1.82) is 0 Å². The van der Waals surface area contributed by atoms with Gasteiger partial charge in [-0.1, -0.05) is 195 Å². The van der Waals surface area contributed by atoms with Crippen LogP contribution in [0.25, 0.3) is 0 Å². The van der Waals surface area contributed by atoms with E-state index in [2.05, 4.69) is 37.5 Å². The molecule has 1 heterocycles. The minimum absolute atomic E-state index is 0.0155. The van der Waals surface area contributed by atoms with Gasteiger partial charge in [-0.15, -0.1) is 0 Å². The summed E-state index contributed by atoms with van der Waals surface area (Å²) in [6.45, 7) is 17.1. The molecular formula is C55H108N2O4. The molecule has 1 aliphatic heterocycles. The van der Waals surface area contributed by atoms with Gasteiger partial charge in [0.1, 0.15) is 6.10 Å². The third-order valence-corrected chi connectivity index (χ3v) is 13.7. The summed E-state index contributed by atoms with van der Waals surface area (Å²) in [6, 6.07) is 0. The number of hydrogen-bond donors (Lipinski definition) is 0. The lowest BCUT2D eigenvalue weighted by Crippen LogP contribution is -2.35. The lowest BCUT2D eigenvalue weighted by Gasteiger charge is -2.25. The molecule has 0 radical (unpaired) electrons. The van der Waals surface area contributed by atoms with Crippen molar-refractivity contribution in [2.24, 2.45) is 5.92 Å². The zero-order valence-corrected chi connectivity index (χ0v) is 41.9. The van der Waals surface area contributed by atoms with Gasteiger partial charge in [-0.25, -0.2) is 0 Å². The minimum atomic E-state index is 0.0155. The van der Waals surface area contributed by atoms with Crippen molar-refractivity contribution in [3.05, 3.63) is 0 Å². The largest absolute Gasteiger partial charge is 0.466 e. The molecule has 61 heavy (non-hydrogen) atoms. The molecular weight excluding hydrogens is 753 g/mol. The topological polar surface area (TPSA) is 59.1 Å². The molecule has 0 N–H and O–H groups in total. The Hall–Kier alpha value is -1.14. The molecule has 362 valence electrons. The van der Waals surface area contributed by atoms with Gasteiger partial charge in [0, 0.05) is 25.9 Å². The fourth-order valence-electron chi connectivity index (χ4n) is 9.49. The van der Waals surface area contributed by atoms with E-state index in [-0.39, 0.29) is 18.0 Å². The van der Waals surface area contributed by atoms with Crippen LogP contribution in [0.1, 0.15) is 285 Å². The summed E-state index contributed by atoms with van der Waals surface area (Å²) in [7, 11) is 0. The highest BCUT2D eigenvalue weighted by molar-refractivity contribution is 5.69.